The summed E-state index contributed by atoms with van der Waals surface area (Å²) in [5.74, 6) is 0.671. The van der Waals surface area contributed by atoms with Gasteiger partial charge < -0.3 is 4.74 Å². The normalized spacial score (nSPS) is 16.8. The molecule has 0 aliphatic carbocycles. The van der Waals surface area contributed by atoms with Gasteiger partial charge in [0, 0.05) is 25.0 Å². The van der Waals surface area contributed by atoms with Gasteiger partial charge in [-0.3, -0.25) is 9.88 Å². The molecule has 5 nitrogen and oxygen atoms in total. The van der Waals surface area contributed by atoms with E-state index in [0.29, 0.717) is 18.5 Å². The van der Waals surface area contributed by atoms with E-state index in [2.05, 4.69) is 68.4 Å². The van der Waals surface area contributed by atoms with Gasteiger partial charge in [0.1, 0.15) is 6.33 Å². The summed E-state index contributed by atoms with van der Waals surface area (Å²) in [6.45, 7) is 2.77. The minimum absolute atomic E-state index is 0.532. The lowest BCUT2D eigenvalue weighted by molar-refractivity contribution is 0.116. The van der Waals surface area contributed by atoms with Crippen molar-refractivity contribution in [2.24, 2.45) is 0 Å². The maximum atomic E-state index is 6.22. The second kappa shape index (κ2) is 9.88. The Kier molecular flexibility index (Phi) is 6.35. The van der Waals surface area contributed by atoms with Crippen molar-refractivity contribution in [2.75, 3.05) is 13.2 Å². The lowest BCUT2D eigenvalue weighted by atomic mass is 9.99. The van der Waals surface area contributed by atoms with E-state index in [1.165, 1.54) is 30.4 Å². The molecule has 2 aromatic heterocycles. The van der Waals surface area contributed by atoms with E-state index in [1.54, 1.807) is 6.33 Å². The molecular weight excluding hydrogens is 396 g/mol. The molecule has 0 radical (unpaired) electrons. The Morgan fingerprint density at radius 2 is 1.78 bits per heavy atom. The fourth-order valence-corrected chi connectivity index (χ4v) is 4.57. The standard InChI is InChI=1S/C27H28N4O/c1-2-6-22(7-3-1)23-9-10-26-25(18-23)27(30-20-29-26)32-17-13-24-8-4-5-16-31(24)19-21-11-14-28-15-12-21/h1-3,6-7,9-12,14-15,18,20,24H,4-5,8,13,16-17,19H2. The van der Waals surface area contributed by atoms with Gasteiger partial charge in [-0.1, -0.05) is 42.8 Å². The highest BCUT2D eigenvalue weighted by molar-refractivity contribution is 5.88. The van der Waals surface area contributed by atoms with Crippen LogP contribution in [0.4, 0.5) is 0 Å². The van der Waals surface area contributed by atoms with Gasteiger partial charge in [0.2, 0.25) is 5.88 Å². The van der Waals surface area contributed by atoms with Crippen molar-refractivity contribution < 1.29 is 4.74 Å². The van der Waals surface area contributed by atoms with Crippen molar-refractivity contribution in [2.45, 2.75) is 38.3 Å². The lowest BCUT2D eigenvalue weighted by Gasteiger charge is -2.35. The molecule has 1 atom stereocenters. The molecule has 32 heavy (non-hydrogen) atoms. The summed E-state index contributed by atoms with van der Waals surface area (Å²) < 4.78 is 6.22. The van der Waals surface area contributed by atoms with Crippen LogP contribution in [0.25, 0.3) is 22.0 Å². The van der Waals surface area contributed by atoms with Crippen LogP contribution in [0.5, 0.6) is 5.88 Å². The number of hydrogen-bond donors (Lipinski definition) is 0. The monoisotopic (exact) mass is 424 g/mol. The zero-order chi connectivity index (χ0) is 21.6. The van der Waals surface area contributed by atoms with Gasteiger partial charge in [-0.05, 0) is 66.8 Å². The highest BCUT2D eigenvalue weighted by Crippen LogP contribution is 2.28. The van der Waals surface area contributed by atoms with Crippen LogP contribution in [0.15, 0.2) is 79.4 Å². The molecule has 3 heterocycles. The van der Waals surface area contributed by atoms with Crippen molar-refractivity contribution >= 4 is 10.9 Å². The first-order valence-electron chi connectivity index (χ1n) is 11.4. The predicted octanol–water partition coefficient (Wildman–Crippen LogP) is 5.52. The maximum absolute atomic E-state index is 6.22. The molecule has 1 aliphatic heterocycles. The number of pyridine rings is 1. The molecule has 5 rings (SSSR count). The molecule has 162 valence electrons. The summed E-state index contributed by atoms with van der Waals surface area (Å²) in [5.41, 5.74) is 4.56. The Hall–Kier alpha value is -3.31. The fourth-order valence-electron chi connectivity index (χ4n) is 4.57. The second-order valence-corrected chi connectivity index (χ2v) is 8.39. The van der Waals surface area contributed by atoms with Crippen LogP contribution in [0.3, 0.4) is 0 Å². The molecule has 1 fully saturated rings. The van der Waals surface area contributed by atoms with Crippen molar-refractivity contribution in [1.82, 2.24) is 19.9 Å². The van der Waals surface area contributed by atoms with Gasteiger partial charge in [-0.25, -0.2) is 9.97 Å². The average Bonchev–Trinajstić information content (AvgIpc) is 2.86. The summed E-state index contributed by atoms with van der Waals surface area (Å²) in [5, 5.41) is 0.964. The van der Waals surface area contributed by atoms with Gasteiger partial charge in [0.15, 0.2) is 0 Å². The molecule has 1 aliphatic rings. The highest BCUT2D eigenvalue weighted by Gasteiger charge is 2.22. The molecule has 1 saturated heterocycles. The number of benzene rings is 2. The third kappa shape index (κ3) is 4.78. The third-order valence-electron chi connectivity index (χ3n) is 6.28. The minimum atomic E-state index is 0.532. The first-order valence-corrected chi connectivity index (χ1v) is 11.4. The van der Waals surface area contributed by atoms with Gasteiger partial charge in [-0.15, -0.1) is 0 Å². The molecule has 0 N–H and O–H groups in total. The number of fused-ring (bicyclic) bond motifs is 1. The van der Waals surface area contributed by atoms with E-state index >= 15 is 0 Å². The average molecular weight is 425 g/mol. The van der Waals surface area contributed by atoms with Gasteiger partial charge in [0.05, 0.1) is 17.5 Å². The lowest BCUT2D eigenvalue weighted by Crippen LogP contribution is -2.39. The summed E-state index contributed by atoms with van der Waals surface area (Å²) >= 11 is 0. The van der Waals surface area contributed by atoms with Crippen LogP contribution in [-0.2, 0) is 6.54 Å². The van der Waals surface area contributed by atoms with Gasteiger partial charge >= 0.3 is 0 Å². The molecule has 1 unspecified atom stereocenters. The van der Waals surface area contributed by atoms with E-state index < -0.39 is 0 Å². The van der Waals surface area contributed by atoms with Crippen LogP contribution in [0.1, 0.15) is 31.2 Å². The number of piperidine rings is 1. The number of likely N-dealkylation sites (tertiary alicyclic amines) is 1. The Labute approximate surface area is 189 Å². The van der Waals surface area contributed by atoms with Gasteiger partial charge in [0.25, 0.3) is 0 Å². The molecule has 0 spiro atoms. The largest absolute Gasteiger partial charge is 0.477 e. The van der Waals surface area contributed by atoms with E-state index in [-0.39, 0.29) is 0 Å². The van der Waals surface area contributed by atoms with E-state index in [0.717, 1.165) is 36.0 Å². The zero-order valence-corrected chi connectivity index (χ0v) is 18.2. The first kappa shape index (κ1) is 20.6. The number of rotatable bonds is 7. The van der Waals surface area contributed by atoms with E-state index in [9.17, 15) is 0 Å². The van der Waals surface area contributed by atoms with Crippen molar-refractivity contribution in [3.63, 3.8) is 0 Å². The topological polar surface area (TPSA) is 51.1 Å². The second-order valence-electron chi connectivity index (χ2n) is 8.39. The summed E-state index contributed by atoms with van der Waals surface area (Å²) in [4.78, 5) is 15.6. The van der Waals surface area contributed by atoms with Crippen molar-refractivity contribution in [3.8, 4) is 17.0 Å². The predicted molar refractivity (Wildman–Crippen MR) is 127 cm³/mol. The molecular formula is C27H28N4O. The molecule has 0 saturated carbocycles. The van der Waals surface area contributed by atoms with E-state index in [4.69, 9.17) is 4.74 Å². The van der Waals surface area contributed by atoms with Gasteiger partial charge in [-0.2, -0.15) is 0 Å². The fraction of sp³-hybridized carbons (Fsp3) is 0.296. The summed E-state index contributed by atoms with van der Waals surface area (Å²) in [6, 6.07) is 21.4. The summed E-state index contributed by atoms with van der Waals surface area (Å²) in [7, 11) is 0. The number of aromatic nitrogens is 3. The molecule has 0 bridgehead atoms. The Bertz CT molecular complexity index is 1150. The number of nitrogens with zero attached hydrogens (tertiary/aromatic N) is 4. The van der Waals surface area contributed by atoms with Crippen molar-refractivity contribution in [1.29, 1.82) is 0 Å². The Morgan fingerprint density at radius 1 is 0.906 bits per heavy atom. The van der Waals surface area contributed by atoms with Crippen LogP contribution >= 0.6 is 0 Å². The highest BCUT2D eigenvalue weighted by atomic mass is 16.5. The van der Waals surface area contributed by atoms with Crippen LogP contribution in [0.2, 0.25) is 0 Å². The Morgan fingerprint density at radius 3 is 2.66 bits per heavy atom. The number of hydrogen-bond acceptors (Lipinski definition) is 5. The minimum Gasteiger partial charge on any atom is -0.477 e. The van der Waals surface area contributed by atoms with Crippen LogP contribution in [-0.4, -0.2) is 39.0 Å². The third-order valence-corrected chi connectivity index (χ3v) is 6.28. The smallest absolute Gasteiger partial charge is 0.224 e. The molecule has 4 aromatic rings. The Balaban J connectivity index is 1.28. The van der Waals surface area contributed by atoms with Crippen LogP contribution < -0.4 is 4.74 Å². The van der Waals surface area contributed by atoms with E-state index in [1.807, 2.05) is 24.5 Å². The number of ether oxygens (including phenoxy) is 1. The molecule has 2 aromatic carbocycles. The first-order chi connectivity index (χ1) is 15.9. The summed E-state index contributed by atoms with van der Waals surface area (Å²) in [6.07, 6.45) is 10.1. The molecule has 5 heteroatoms. The van der Waals surface area contributed by atoms with Crippen molar-refractivity contribution in [3.05, 3.63) is 84.9 Å². The zero-order valence-electron chi connectivity index (χ0n) is 18.2. The quantitative estimate of drug-likeness (QED) is 0.391. The van der Waals surface area contributed by atoms with Crippen LogP contribution in [0, 0.1) is 0 Å². The maximum Gasteiger partial charge on any atom is 0.224 e. The molecule has 0 amide bonds. The SMILES string of the molecule is c1ccc(-c2ccc3ncnc(OCCC4CCCCN4Cc4ccncc4)c3c2)cc1.